The summed E-state index contributed by atoms with van der Waals surface area (Å²) in [4.78, 5) is 23.2. The number of carbonyl (C=O) groups is 2. The number of allylic oxidation sites excluding steroid dienone is 3. The van der Waals surface area contributed by atoms with Gasteiger partial charge in [-0.2, -0.15) is 0 Å². The second-order valence-electron chi connectivity index (χ2n) is 4.63. The Kier molecular flexibility index (Phi) is 6.40. The minimum atomic E-state index is -0.146. The maximum absolute atomic E-state index is 11.9. The Morgan fingerprint density at radius 3 is 2.33 bits per heavy atom. The predicted molar refractivity (Wildman–Crippen MR) is 71.2 cm³/mol. The van der Waals surface area contributed by atoms with Crippen molar-refractivity contribution in [2.45, 2.75) is 51.9 Å². The molecule has 1 rings (SSSR count). The van der Waals surface area contributed by atoms with Crippen molar-refractivity contribution in [3.8, 4) is 0 Å². The van der Waals surface area contributed by atoms with Crippen molar-refractivity contribution in [1.29, 1.82) is 0 Å². The first-order valence-corrected chi connectivity index (χ1v) is 6.74. The fraction of sp³-hybridized carbons (Fsp3) is 0.600. The molecule has 0 atom stereocenters. The zero-order valence-corrected chi connectivity index (χ0v) is 11.3. The Balaban J connectivity index is 2.34. The number of unbranched alkanes of at least 4 members (excludes halogenated alkanes) is 5. The predicted octanol–water partition coefficient (Wildman–Crippen LogP) is 3.35. The second-order valence-corrected chi connectivity index (χ2v) is 4.63. The summed E-state index contributed by atoms with van der Waals surface area (Å²) in [6.45, 7) is 2.19. The molecule has 0 unspecified atom stereocenters. The minimum absolute atomic E-state index is 0.134. The van der Waals surface area contributed by atoms with Gasteiger partial charge in [-0.25, -0.2) is 0 Å². The van der Waals surface area contributed by atoms with Crippen LogP contribution in [0.2, 0.25) is 0 Å². The van der Waals surface area contributed by atoms with Crippen LogP contribution >= 0.6 is 0 Å². The van der Waals surface area contributed by atoms with E-state index in [-0.39, 0.29) is 17.3 Å². The Bertz CT molecular complexity index is 364. The van der Waals surface area contributed by atoms with Gasteiger partial charge in [-0.15, -0.1) is 0 Å². The molecule has 0 radical (unpaired) electrons. The van der Waals surface area contributed by atoms with Crippen LogP contribution in [0.4, 0.5) is 0 Å². The molecular weight excluding hydrogens is 228 g/mol. The minimum Gasteiger partial charge on any atom is -0.493 e. The van der Waals surface area contributed by atoms with Gasteiger partial charge in [0.05, 0.1) is 7.11 Å². The molecule has 18 heavy (non-hydrogen) atoms. The summed E-state index contributed by atoms with van der Waals surface area (Å²) in [5, 5.41) is 0. The normalized spacial score (nSPS) is 15.4. The van der Waals surface area contributed by atoms with E-state index >= 15 is 0 Å². The van der Waals surface area contributed by atoms with Crippen molar-refractivity contribution in [3.63, 3.8) is 0 Å². The van der Waals surface area contributed by atoms with Crippen molar-refractivity contribution in [2.75, 3.05) is 7.11 Å². The van der Waals surface area contributed by atoms with E-state index in [9.17, 15) is 9.59 Å². The molecule has 1 aliphatic rings. The lowest BCUT2D eigenvalue weighted by Crippen LogP contribution is -2.15. The van der Waals surface area contributed by atoms with E-state index < -0.39 is 0 Å². The Labute approximate surface area is 109 Å². The molecule has 0 aliphatic heterocycles. The van der Waals surface area contributed by atoms with Crippen molar-refractivity contribution in [1.82, 2.24) is 0 Å². The molecule has 3 heteroatoms. The lowest BCUT2D eigenvalue weighted by Gasteiger charge is -2.12. The maximum Gasteiger partial charge on any atom is 0.223 e. The number of methoxy groups -OCH3 is 1. The Morgan fingerprint density at radius 1 is 1.00 bits per heavy atom. The quantitative estimate of drug-likeness (QED) is 0.490. The van der Waals surface area contributed by atoms with Gasteiger partial charge in [-0.3, -0.25) is 9.59 Å². The highest BCUT2D eigenvalue weighted by Crippen LogP contribution is 2.19. The maximum atomic E-state index is 11.9. The summed E-state index contributed by atoms with van der Waals surface area (Å²) in [5.74, 6) is -0.110. The first kappa shape index (κ1) is 14.7. The first-order valence-electron chi connectivity index (χ1n) is 6.74. The zero-order chi connectivity index (χ0) is 13.4. The molecule has 0 aromatic rings. The van der Waals surface area contributed by atoms with E-state index in [1.165, 1.54) is 44.9 Å². The zero-order valence-electron chi connectivity index (χ0n) is 11.3. The van der Waals surface area contributed by atoms with Crippen LogP contribution in [0.3, 0.4) is 0 Å². The van der Waals surface area contributed by atoms with E-state index in [0.29, 0.717) is 12.0 Å². The molecule has 0 saturated heterocycles. The van der Waals surface area contributed by atoms with Crippen molar-refractivity contribution in [3.05, 3.63) is 23.5 Å². The monoisotopic (exact) mass is 250 g/mol. The number of Topliss-reactive ketones (excluding diaryl/α,β-unsaturated/α-hetero) is 1. The highest BCUT2D eigenvalue weighted by atomic mass is 16.5. The van der Waals surface area contributed by atoms with Crippen LogP contribution < -0.4 is 0 Å². The van der Waals surface area contributed by atoms with Crippen LogP contribution in [0.15, 0.2) is 23.5 Å². The van der Waals surface area contributed by atoms with Gasteiger partial charge >= 0.3 is 0 Å². The fourth-order valence-corrected chi connectivity index (χ4v) is 2.07. The van der Waals surface area contributed by atoms with Crippen molar-refractivity contribution < 1.29 is 14.3 Å². The van der Waals surface area contributed by atoms with Gasteiger partial charge in [0.2, 0.25) is 5.78 Å². The van der Waals surface area contributed by atoms with Crippen LogP contribution in [0.25, 0.3) is 0 Å². The summed E-state index contributed by atoms with van der Waals surface area (Å²) in [5.41, 5.74) is 0.592. The van der Waals surface area contributed by atoms with Gasteiger partial charge in [-0.05, 0) is 18.9 Å². The number of carbonyl (C=O) groups excluding carboxylic acids is 2. The lowest BCUT2D eigenvalue weighted by atomic mass is 9.96. The standard InChI is InChI=1S/C15H22O3/c1-3-4-5-6-7-8-9-12-10-13(16)11-14(18-2)15(12)17/h10-11H,3-9H2,1-2H3. The van der Waals surface area contributed by atoms with Gasteiger partial charge in [0.25, 0.3) is 0 Å². The summed E-state index contributed by atoms with van der Waals surface area (Å²) in [7, 11) is 1.42. The number of ketones is 2. The van der Waals surface area contributed by atoms with Gasteiger partial charge in [0.1, 0.15) is 0 Å². The van der Waals surface area contributed by atoms with Crippen LogP contribution in [0.1, 0.15) is 51.9 Å². The third-order valence-corrected chi connectivity index (χ3v) is 3.12. The average Bonchev–Trinajstić information content (AvgIpc) is 2.37. The van der Waals surface area contributed by atoms with Crippen molar-refractivity contribution >= 4 is 11.6 Å². The molecule has 0 N–H and O–H groups in total. The van der Waals surface area contributed by atoms with Crippen molar-refractivity contribution in [2.24, 2.45) is 0 Å². The molecule has 0 amide bonds. The van der Waals surface area contributed by atoms with Gasteiger partial charge in [0, 0.05) is 11.6 Å². The number of hydrogen-bond acceptors (Lipinski definition) is 3. The largest absolute Gasteiger partial charge is 0.493 e. The molecule has 1 aliphatic carbocycles. The molecule has 0 spiro atoms. The fourth-order valence-electron chi connectivity index (χ4n) is 2.07. The summed E-state index contributed by atoms with van der Waals surface area (Å²) < 4.78 is 4.91. The molecule has 0 bridgehead atoms. The third kappa shape index (κ3) is 4.47. The van der Waals surface area contributed by atoms with E-state index in [0.717, 1.165) is 12.8 Å². The molecule has 3 nitrogen and oxygen atoms in total. The summed E-state index contributed by atoms with van der Waals surface area (Å²) >= 11 is 0. The van der Waals surface area contributed by atoms with Crippen LogP contribution in [0, 0.1) is 0 Å². The average molecular weight is 250 g/mol. The number of rotatable bonds is 8. The van der Waals surface area contributed by atoms with Crippen LogP contribution in [-0.4, -0.2) is 18.7 Å². The van der Waals surface area contributed by atoms with E-state index in [4.69, 9.17) is 4.74 Å². The molecular formula is C15H22O3. The molecule has 0 fully saturated rings. The van der Waals surface area contributed by atoms with Gasteiger partial charge < -0.3 is 4.74 Å². The summed E-state index contributed by atoms with van der Waals surface area (Å²) in [6.07, 6.45) is 10.4. The Hall–Kier alpha value is -1.38. The molecule has 0 aromatic heterocycles. The van der Waals surface area contributed by atoms with E-state index in [1.807, 2.05) is 0 Å². The molecule has 0 heterocycles. The molecule has 100 valence electrons. The second kappa shape index (κ2) is 7.85. The SMILES string of the molecule is CCCCCCCCC1=CC(=O)C=C(OC)C1=O. The summed E-state index contributed by atoms with van der Waals surface area (Å²) in [6, 6.07) is 0. The van der Waals surface area contributed by atoms with Crippen LogP contribution in [-0.2, 0) is 14.3 Å². The van der Waals surface area contributed by atoms with Gasteiger partial charge in [-0.1, -0.05) is 39.0 Å². The number of ether oxygens (including phenoxy) is 1. The lowest BCUT2D eigenvalue weighted by molar-refractivity contribution is -0.117. The van der Waals surface area contributed by atoms with Crippen LogP contribution in [0.5, 0.6) is 0 Å². The topological polar surface area (TPSA) is 43.4 Å². The highest BCUT2D eigenvalue weighted by Gasteiger charge is 2.21. The number of hydrogen-bond donors (Lipinski definition) is 0. The van der Waals surface area contributed by atoms with Gasteiger partial charge in [0.15, 0.2) is 11.5 Å². The first-order chi connectivity index (χ1) is 8.69. The Morgan fingerprint density at radius 2 is 1.67 bits per heavy atom. The third-order valence-electron chi connectivity index (χ3n) is 3.12. The highest BCUT2D eigenvalue weighted by molar-refractivity contribution is 6.19. The van der Waals surface area contributed by atoms with E-state index in [2.05, 4.69) is 6.92 Å². The smallest absolute Gasteiger partial charge is 0.223 e. The van der Waals surface area contributed by atoms with E-state index in [1.54, 1.807) is 0 Å². The molecule has 0 saturated carbocycles. The molecule has 0 aromatic carbocycles.